The van der Waals surface area contributed by atoms with Gasteiger partial charge >= 0.3 is 5.97 Å². The maximum Gasteiger partial charge on any atom is 0.338 e. The molecule has 0 saturated carbocycles. The Morgan fingerprint density at radius 3 is 2.07 bits per heavy atom. The van der Waals surface area contributed by atoms with E-state index in [4.69, 9.17) is 4.74 Å². The van der Waals surface area contributed by atoms with Gasteiger partial charge in [0.15, 0.2) is 0 Å². The topological polar surface area (TPSA) is 26.3 Å². The Balaban J connectivity index is 1.83. The molecule has 2 nitrogen and oxygen atoms in total. The molecule has 0 N–H and O–H groups in total. The van der Waals surface area contributed by atoms with Crippen molar-refractivity contribution in [2.45, 2.75) is 20.3 Å². The monoisotopic (exact) mass is 360 g/mol. The van der Waals surface area contributed by atoms with Crippen molar-refractivity contribution in [3.05, 3.63) is 90.3 Å². The van der Waals surface area contributed by atoms with Crippen LogP contribution in [0.5, 0.6) is 5.75 Å². The summed E-state index contributed by atoms with van der Waals surface area (Å²) in [5.41, 5.74) is 4.62. The molecule has 0 aromatic heterocycles. The third-order valence-corrected chi connectivity index (χ3v) is 4.39. The van der Waals surface area contributed by atoms with Crippen molar-refractivity contribution >= 4 is 5.97 Å². The smallest absolute Gasteiger partial charge is 0.338 e. The highest BCUT2D eigenvalue weighted by Gasteiger charge is 2.09. The lowest BCUT2D eigenvalue weighted by molar-refractivity contribution is -0.130. The number of hydrogen-bond acceptors (Lipinski definition) is 2. The van der Waals surface area contributed by atoms with Gasteiger partial charge in [0.25, 0.3) is 0 Å². The fourth-order valence-corrected chi connectivity index (χ4v) is 2.76. The standard InChI is InChI=1S/C24H21FO2/c1-4-17-5-7-18(8-6-17)20-11-14-22(23(25)15-20)19-9-12-21(13-10-19)27-24(26)16(2)3/h5-15H,2,4H2,1,3H3. The fourth-order valence-electron chi connectivity index (χ4n) is 2.76. The molecule has 3 aromatic rings. The number of ether oxygens (including phenoxy) is 1. The van der Waals surface area contributed by atoms with Crippen molar-refractivity contribution in [2.24, 2.45) is 0 Å². The van der Waals surface area contributed by atoms with E-state index in [9.17, 15) is 9.18 Å². The molecule has 0 aliphatic heterocycles. The van der Waals surface area contributed by atoms with Crippen LogP contribution in [-0.4, -0.2) is 5.97 Å². The lowest BCUT2D eigenvalue weighted by Crippen LogP contribution is -2.07. The van der Waals surface area contributed by atoms with Gasteiger partial charge in [0.1, 0.15) is 11.6 Å². The molecule has 0 unspecified atom stereocenters. The molecule has 0 aliphatic rings. The lowest BCUT2D eigenvalue weighted by atomic mass is 9.98. The minimum Gasteiger partial charge on any atom is -0.423 e. The maximum absolute atomic E-state index is 14.7. The summed E-state index contributed by atoms with van der Waals surface area (Å²) in [6.07, 6.45) is 0.977. The van der Waals surface area contributed by atoms with Gasteiger partial charge in [-0.25, -0.2) is 9.18 Å². The fraction of sp³-hybridized carbons (Fsp3) is 0.125. The summed E-state index contributed by atoms with van der Waals surface area (Å²) in [6, 6.07) is 20.1. The molecule has 136 valence electrons. The quantitative estimate of drug-likeness (QED) is 0.307. The summed E-state index contributed by atoms with van der Waals surface area (Å²) in [6.45, 7) is 7.24. The van der Waals surface area contributed by atoms with Crippen LogP contribution in [0, 0.1) is 5.82 Å². The van der Waals surface area contributed by atoms with Gasteiger partial charge in [0.05, 0.1) is 0 Å². The first kappa shape index (κ1) is 18.6. The molecule has 0 atom stereocenters. The van der Waals surface area contributed by atoms with E-state index < -0.39 is 5.97 Å². The predicted octanol–water partition coefficient (Wildman–Crippen LogP) is 6.20. The molecule has 0 fully saturated rings. The molecule has 0 heterocycles. The van der Waals surface area contributed by atoms with E-state index in [1.807, 2.05) is 18.2 Å². The van der Waals surface area contributed by atoms with E-state index in [1.165, 1.54) is 5.56 Å². The Hall–Kier alpha value is -3.20. The van der Waals surface area contributed by atoms with Gasteiger partial charge in [0, 0.05) is 11.1 Å². The first-order valence-electron chi connectivity index (χ1n) is 8.85. The number of hydrogen-bond donors (Lipinski definition) is 0. The Labute approximate surface area is 158 Å². The number of carbonyl (C=O) groups excluding carboxylic acids is 1. The number of carbonyl (C=O) groups is 1. The van der Waals surface area contributed by atoms with Crippen LogP contribution in [0.3, 0.4) is 0 Å². The van der Waals surface area contributed by atoms with Crippen molar-refractivity contribution in [3.8, 4) is 28.0 Å². The van der Waals surface area contributed by atoms with Gasteiger partial charge < -0.3 is 4.74 Å². The highest BCUT2D eigenvalue weighted by atomic mass is 19.1. The van der Waals surface area contributed by atoms with Gasteiger partial charge in [-0.3, -0.25) is 0 Å². The minimum atomic E-state index is -0.479. The molecule has 0 spiro atoms. The van der Waals surface area contributed by atoms with Gasteiger partial charge in [-0.15, -0.1) is 0 Å². The zero-order chi connectivity index (χ0) is 19.4. The minimum absolute atomic E-state index is 0.293. The normalized spacial score (nSPS) is 10.5. The summed E-state index contributed by atoms with van der Waals surface area (Å²) in [5.74, 6) is -0.370. The SMILES string of the molecule is C=C(C)C(=O)Oc1ccc(-c2ccc(-c3ccc(CC)cc3)cc2F)cc1. The molecule has 0 bridgehead atoms. The van der Waals surface area contributed by atoms with Gasteiger partial charge in [-0.2, -0.15) is 0 Å². The first-order chi connectivity index (χ1) is 13.0. The van der Waals surface area contributed by atoms with Crippen molar-refractivity contribution in [1.82, 2.24) is 0 Å². The Morgan fingerprint density at radius 1 is 0.926 bits per heavy atom. The summed E-state index contributed by atoms with van der Waals surface area (Å²) >= 11 is 0. The van der Waals surface area contributed by atoms with Gasteiger partial charge in [-0.05, 0) is 53.8 Å². The summed E-state index contributed by atoms with van der Waals surface area (Å²) in [7, 11) is 0. The van der Waals surface area contributed by atoms with Crippen LogP contribution >= 0.6 is 0 Å². The van der Waals surface area contributed by atoms with E-state index in [0.717, 1.165) is 23.1 Å². The third-order valence-electron chi connectivity index (χ3n) is 4.39. The second-order valence-corrected chi connectivity index (χ2v) is 6.44. The Morgan fingerprint density at radius 2 is 1.52 bits per heavy atom. The van der Waals surface area contributed by atoms with Crippen molar-refractivity contribution in [2.75, 3.05) is 0 Å². The Bertz CT molecular complexity index is 970. The van der Waals surface area contributed by atoms with Crippen molar-refractivity contribution < 1.29 is 13.9 Å². The number of esters is 1. The molecule has 3 rings (SSSR count). The third kappa shape index (κ3) is 4.32. The van der Waals surface area contributed by atoms with Crippen LogP contribution in [-0.2, 0) is 11.2 Å². The number of aryl methyl sites for hydroxylation is 1. The highest BCUT2D eigenvalue weighted by molar-refractivity contribution is 5.88. The van der Waals surface area contributed by atoms with E-state index in [-0.39, 0.29) is 5.82 Å². The first-order valence-corrected chi connectivity index (χ1v) is 8.85. The van der Waals surface area contributed by atoms with Gasteiger partial charge in [0.2, 0.25) is 0 Å². The van der Waals surface area contributed by atoms with E-state index in [0.29, 0.717) is 16.9 Å². The van der Waals surface area contributed by atoms with Crippen molar-refractivity contribution in [1.29, 1.82) is 0 Å². The Kier molecular flexibility index (Phi) is 5.51. The number of halogens is 1. The molecule has 0 aliphatic carbocycles. The lowest BCUT2D eigenvalue weighted by Gasteiger charge is -2.09. The molecule has 0 saturated heterocycles. The van der Waals surface area contributed by atoms with Crippen LogP contribution < -0.4 is 4.74 Å². The highest BCUT2D eigenvalue weighted by Crippen LogP contribution is 2.29. The van der Waals surface area contributed by atoms with Crippen LogP contribution in [0.1, 0.15) is 19.4 Å². The zero-order valence-electron chi connectivity index (χ0n) is 15.5. The van der Waals surface area contributed by atoms with Crippen LogP contribution in [0.2, 0.25) is 0 Å². The van der Waals surface area contributed by atoms with E-state index in [2.05, 4.69) is 25.6 Å². The second kappa shape index (κ2) is 8.00. The molecular weight excluding hydrogens is 339 g/mol. The summed E-state index contributed by atoms with van der Waals surface area (Å²) in [4.78, 5) is 11.6. The van der Waals surface area contributed by atoms with E-state index in [1.54, 1.807) is 43.3 Å². The predicted molar refractivity (Wildman–Crippen MR) is 107 cm³/mol. The number of benzene rings is 3. The van der Waals surface area contributed by atoms with Crippen LogP contribution in [0.4, 0.5) is 4.39 Å². The summed E-state index contributed by atoms with van der Waals surface area (Å²) in [5, 5.41) is 0. The number of rotatable bonds is 5. The largest absolute Gasteiger partial charge is 0.423 e. The molecule has 27 heavy (non-hydrogen) atoms. The molecule has 3 aromatic carbocycles. The zero-order valence-corrected chi connectivity index (χ0v) is 15.5. The summed E-state index contributed by atoms with van der Waals surface area (Å²) < 4.78 is 19.8. The molecule has 0 amide bonds. The molecule has 3 heteroatoms. The molecular formula is C24H21FO2. The van der Waals surface area contributed by atoms with E-state index >= 15 is 0 Å². The molecule has 0 radical (unpaired) electrons. The van der Waals surface area contributed by atoms with Crippen LogP contribution in [0.25, 0.3) is 22.3 Å². The maximum atomic E-state index is 14.7. The average Bonchev–Trinajstić information content (AvgIpc) is 2.68. The second-order valence-electron chi connectivity index (χ2n) is 6.44. The van der Waals surface area contributed by atoms with Crippen molar-refractivity contribution in [3.63, 3.8) is 0 Å². The van der Waals surface area contributed by atoms with Gasteiger partial charge in [-0.1, -0.05) is 62.0 Å². The van der Waals surface area contributed by atoms with Crippen LogP contribution in [0.15, 0.2) is 78.9 Å². The average molecular weight is 360 g/mol.